The lowest BCUT2D eigenvalue weighted by Crippen LogP contribution is -2.59. The Morgan fingerprint density at radius 2 is 1.37 bits per heavy atom. The van der Waals surface area contributed by atoms with E-state index in [4.69, 9.17) is 24.1 Å². The second-order valence-corrected chi connectivity index (χ2v) is 8.12. The normalized spacial score (nSPS) is 35.6. The molecule has 35 heavy (non-hydrogen) atoms. The molecule has 0 aliphatic carbocycles. The van der Waals surface area contributed by atoms with Gasteiger partial charge in [-0.3, -0.25) is 0 Å². The number of aliphatic hydroxyl groups excluding tert-OH is 7. The Kier molecular flexibility index (Phi) is 8.34. The smallest absolute Gasteiger partial charge is 0.187 e. The highest BCUT2D eigenvalue weighted by Gasteiger charge is 2.44. The lowest BCUT2D eigenvalue weighted by Gasteiger charge is -2.39. The lowest BCUT2D eigenvalue weighted by molar-refractivity contribution is -0.304. The van der Waals surface area contributed by atoms with E-state index in [2.05, 4.69) is 20.5 Å². The monoisotopic (exact) mass is 504 g/mol. The van der Waals surface area contributed by atoms with Crippen LogP contribution in [0.1, 0.15) is 11.4 Å². The van der Waals surface area contributed by atoms with Gasteiger partial charge in [0.1, 0.15) is 54.1 Å². The molecule has 2 aromatic rings. The molecular weight excluding hydrogens is 476 g/mol. The summed E-state index contributed by atoms with van der Waals surface area (Å²) in [5, 5.41) is 83.7. The summed E-state index contributed by atoms with van der Waals surface area (Å²) in [5.74, 6) is 0. The quantitative estimate of drug-likeness (QED) is 0.160. The molecule has 2 saturated heterocycles. The molecule has 9 atom stereocenters. The van der Waals surface area contributed by atoms with E-state index in [1.165, 1.54) is 15.7 Å². The third-order valence-corrected chi connectivity index (χ3v) is 5.58. The number of rotatable bonds is 10. The Hall–Kier alpha value is -2.16. The first-order chi connectivity index (χ1) is 16.8. The van der Waals surface area contributed by atoms with E-state index in [1.807, 2.05) is 0 Å². The molecule has 4 rings (SSSR count). The second kappa shape index (κ2) is 11.3. The number of hydrogen-bond donors (Lipinski definition) is 7. The molecule has 0 saturated carbocycles. The van der Waals surface area contributed by atoms with Gasteiger partial charge in [-0.2, -0.15) is 15.0 Å². The molecule has 0 spiro atoms. The lowest BCUT2D eigenvalue weighted by atomic mass is 9.99. The van der Waals surface area contributed by atoms with Gasteiger partial charge in [-0.05, 0) is 0 Å². The minimum absolute atomic E-state index is 0.0721. The van der Waals surface area contributed by atoms with Crippen molar-refractivity contribution in [3.63, 3.8) is 0 Å². The van der Waals surface area contributed by atoms with Crippen molar-refractivity contribution < 1.29 is 54.7 Å². The molecule has 7 N–H and O–H groups in total. The van der Waals surface area contributed by atoms with E-state index in [0.29, 0.717) is 11.4 Å². The van der Waals surface area contributed by atoms with Crippen LogP contribution in [0, 0.1) is 0 Å². The third-order valence-electron chi connectivity index (χ3n) is 5.58. The largest absolute Gasteiger partial charge is 0.394 e. The van der Waals surface area contributed by atoms with E-state index in [0.717, 1.165) is 0 Å². The summed E-state index contributed by atoms with van der Waals surface area (Å²) in [7, 11) is 0. The molecule has 0 radical (unpaired) electrons. The number of ether oxygens (including phenoxy) is 4. The number of aliphatic hydroxyl groups is 7. The minimum atomic E-state index is -1.54. The predicted octanol–water partition coefficient (Wildman–Crippen LogP) is -5.35. The minimum Gasteiger partial charge on any atom is -0.394 e. The molecule has 0 amide bonds. The number of hydrogen-bond acceptors (Lipinski definition) is 15. The zero-order valence-electron chi connectivity index (χ0n) is 18.3. The van der Waals surface area contributed by atoms with Crippen LogP contribution in [0.2, 0.25) is 0 Å². The highest BCUT2D eigenvalue weighted by atomic mass is 16.7. The molecule has 17 nitrogen and oxygen atoms in total. The Bertz CT molecular complexity index is 944. The van der Waals surface area contributed by atoms with Crippen molar-refractivity contribution in [3.8, 4) is 0 Å². The van der Waals surface area contributed by atoms with Crippen molar-refractivity contribution >= 4 is 0 Å². The standard InChI is InChI=1S/C18H28N6O11/c25-3-10-12(27)14(29)16(31)18(34-10)32-5-8-1-19-24(21-8)7-23-2-9(20-22-23)6-33-17-15(30)13(28)11(4-26)35-17/h1-2,10-18,25-31H,3-7H2/t10-,11-,12-,13-,14+,15-,16+,17?,18?/m1/s1. The fourth-order valence-corrected chi connectivity index (χ4v) is 3.61. The van der Waals surface area contributed by atoms with Crippen molar-refractivity contribution in [3.05, 3.63) is 23.8 Å². The number of nitrogens with zero attached hydrogens (tertiary/aromatic N) is 6. The van der Waals surface area contributed by atoms with Gasteiger partial charge in [-0.25, -0.2) is 4.68 Å². The molecule has 0 bridgehead atoms. The summed E-state index contributed by atoms with van der Waals surface area (Å²) >= 11 is 0. The summed E-state index contributed by atoms with van der Waals surface area (Å²) in [6.07, 6.45) is -8.57. The zero-order valence-corrected chi connectivity index (χ0v) is 18.3. The topological polar surface area (TPSA) is 240 Å². The van der Waals surface area contributed by atoms with Crippen LogP contribution in [0.5, 0.6) is 0 Å². The molecule has 2 aliphatic heterocycles. The van der Waals surface area contributed by atoms with Crippen LogP contribution in [0.25, 0.3) is 0 Å². The van der Waals surface area contributed by atoms with E-state index in [1.54, 1.807) is 6.20 Å². The highest BCUT2D eigenvalue weighted by Crippen LogP contribution is 2.23. The molecule has 2 fully saturated rings. The molecule has 196 valence electrons. The second-order valence-electron chi connectivity index (χ2n) is 8.12. The van der Waals surface area contributed by atoms with Crippen LogP contribution < -0.4 is 0 Å². The Morgan fingerprint density at radius 3 is 2.00 bits per heavy atom. The van der Waals surface area contributed by atoms with Gasteiger partial charge in [0.2, 0.25) is 0 Å². The van der Waals surface area contributed by atoms with Gasteiger partial charge in [0.15, 0.2) is 19.2 Å². The van der Waals surface area contributed by atoms with Crippen LogP contribution in [-0.4, -0.2) is 134 Å². The van der Waals surface area contributed by atoms with Gasteiger partial charge >= 0.3 is 0 Å². The summed E-state index contributed by atoms with van der Waals surface area (Å²) < 4.78 is 22.7. The van der Waals surface area contributed by atoms with Crippen molar-refractivity contribution in [1.29, 1.82) is 0 Å². The van der Waals surface area contributed by atoms with E-state index in [9.17, 15) is 30.6 Å². The van der Waals surface area contributed by atoms with E-state index < -0.39 is 68.5 Å². The highest BCUT2D eigenvalue weighted by molar-refractivity contribution is 4.93. The molecule has 0 aromatic carbocycles. The summed E-state index contributed by atoms with van der Waals surface area (Å²) in [6, 6.07) is 0. The maximum absolute atomic E-state index is 10.0. The molecule has 2 aromatic heterocycles. The average molecular weight is 504 g/mol. The first kappa shape index (κ1) is 25.9. The van der Waals surface area contributed by atoms with Crippen LogP contribution in [-0.2, 0) is 38.8 Å². The fourth-order valence-electron chi connectivity index (χ4n) is 3.61. The first-order valence-corrected chi connectivity index (χ1v) is 10.7. The SMILES string of the molecule is OC[C@H]1OC(OCc2cn(Cn3ncc(COC4O[C@H](CO)[C@@H](O)[C@H](O)[C@@H]4O)n3)nn2)[C@H](O)[C@@H]1O. The Balaban J connectivity index is 1.25. The van der Waals surface area contributed by atoms with Crippen LogP contribution >= 0.6 is 0 Å². The molecule has 4 heterocycles. The van der Waals surface area contributed by atoms with Crippen LogP contribution in [0.3, 0.4) is 0 Å². The summed E-state index contributed by atoms with van der Waals surface area (Å²) in [5.41, 5.74) is 0.774. The van der Waals surface area contributed by atoms with Crippen molar-refractivity contribution in [2.24, 2.45) is 0 Å². The first-order valence-electron chi connectivity index (χ1n) is 10.7. The predicted molar refractivity (Wildman–Crippen MR) is 107 cm³/mol. The fraction of sp³-hybridized carbons (Fsp3) is 0.778. The van der Waals surface area contributed by atoms with E-state index >= 15 is 0 Å². The van der Waals surface area contributed by atoms with Crippen molar-refractivity contribution in [2.45, 2.75) is 75.2 Å². The van der Waals surface area contributed by atoms with Gasteiger partial charge in [0, 0.05) is 0 Å². The van der Waals surface area contributed by atoms with Gasteiger partial charge < -0.3 is 54.7 Å². The van der Waals surface area contributed by atoms with Gasteiger partial charge in [-0.15, -0.1) is 5.10 Å². The Labute approximate surface area is 197 Å². The Morgan fingerprint density at radius 1 is 0.800 bits per heavy atom. The van der Waals surface area contributed by atoms with Crippen molar-refractivity contribution in [1.82, 2.24) is 30.0 Å². The zero-order chi connectivity index (χ0) is 25.1. The molecule has 2 unspecified atom stereocenters. The average Bonchev–Trinajstić information content (AvgIpc) is 3.57. The molecule has 2 aliphatic rings. The van der Waals surface area contributed by atoms with Crippen molar-refractivity contribution in [2.75, 3.05) is 13.2 Å². The maximum Gasteiger partial charge on any atom is 0.187 e. The van der Waals surface area contributed by atoms with Crippen LogP contribution in [0.4, 0.5) is 0 Å². The number of aromatic nitrogens is 6. The van der Waals surface area contributed by atoms with Gasteiger partial charge in [0.05, 0.1) is 38.8 Å². The molecule has 17 heteroatoms. The van der Waals surface area contributed by atoms with Gasteiger partial charge in [-0.1, -0.05) is 5.21 Å². The maximum atomic E-state index is 10.0. The van der Waals surface area contributed by atoms with Crippen LogP contribution in [0.15, 0.2) is 12.4 Å². The van der Waals surface area contributed by atoms with Gasteiger partial charge in [0.25, 0.3) is 0 Å². The third kappa shape index (κ3) is 5.81. The summed E-state index contributed by atoms with van der Waals surface area (Å²) in [6.45, 7) is -1.15. The molecular formula is C18H28N6O11. The summed E-state index contributed by atoms with van der Waals surface area (Å²) in [4.78, 5) is 1.29. The van der Waals surface area contributed by atoms with E-state index in [-0.39, 0.29) is 19.9 Å².